The fraction of sp³-hybridized carbons (Fsp3) is 0.143. The van der Waals surface area contributed by atoms with Crippen LogP contribution in [0.15, 0.2) is 24.3 Å². The Hall–Kier alpha value is -1.08. The highest BCUT2D eigenvalue weighted by atomic mass is 19.4. The van der Waals surface area contributed by atoms with E-state index < -0.39 is 25.2 Å². The number of rotatable bonds is 0. The lowest BCUT2D eigenvalue weighted by Crippen LogP contribution is -2.07. The Morgan fingerprint density at radius 2 is 1.50 bits per heavy atom. The summed E-state index contributed by atoms with van der Waals surface area (Å²) in [5.74, 6) is -1.24. The second kappa shape index (κ2) is 5.61. The molecule has 0 radical (unpaired) electrons. The summed E-state index contributed by atoms with van der Waals surface area (Å²) in [6, 6.07) is 3.84. The molecule has 1 aromatic carbocycles. The molecule has 0 saturated carbocycles. The van der Waals surface area contributed by atoms with E-state index in [2.05, 4.69) is 0 Å². The largest absolute Gasteiger partial charge is 0.432 e. The van der Waals surface area contributed by atoms with Crippen LogP contribution in [0, 0.1) is 5.82 Å². The summed E-state index contributed by atoms with van der Waals surface area (Å²) in [4.78, 5) is 0. The van der Waals surface area contributed by atoms with Crippen LogP contribution in [0.5, 0.6) is 0 Å². The van der Waals surface area contributed by atoms with E-state index in [-0.39, 0.29) is 0 Å². The summed E-state index contributed by atoms with van der Waals surface area (Å²) < 4.78 is 47.8. The van der Waals surface area contributed by atoms with Crippen LogP contribution in [-0.2, 0) is 6.18 Å². The van der Waals surface area contributed by atoms with Crippen LogP contribution < -0.4 is 0 Å². The van der Waals surface area contributed by atoms with Gasteiger partial charge in [-0.3, -0.25) is 0 Å². The molecule has 1 rings (SSSR count). The molecule has 0 atom stereocenters. The van der Waals surface area contributed by atoms with Crippen molar-refractivity contribution < 1.29 is 27.6 Å². The molecule has 0 aliphatic carbocycles. The van der Waals surface area contributed by atoms with Gasteiger partial charge in [-0.25, -0.2) is 4.39 Å². The lowest BCUT2D eigenvalue weighted by atomic mass is 10.2. The van der Waals surface area contributed by atoms with Gasteiger partial charge in [0.1, 0.15) is 5.82 Å². The van der Waals surface area contributed by atoms with Gasteiger partial charge in [-0.1, -0.05) is 12.1 Å². The fourth-order valence-electron chi connectivity index (χ4n) is 0.691. The zero-order valence-electron chi connectivity index (χ0n) is 6.92. The molecule has 0 heterocycles. The SMILES string of the molecule is Fc1ccccc1C(F)(F)F.OBO. The molecule has 0 amide bonds. The van der Waals surface area contributed by atoms with E-state index in [0.717, 1.165) is 12.1 Å². The number of hydrogen-bond acceptors (Lipinski definition) is 2. The molecule has 2 N–H and O–H groups in total. The average Bonchev–Trinajstić information content (AvgIpc) is 2.04. The van der Waals surface area contributed by atoms with Gasteiger partial charge in [0.05, 0.1) is 5.56 Å². The van der Waals surface area contributed by atoms with Crippen LogP contribution in [0.1, 0.15) is 5.56 Å². The number of halogens is 4. The Labute approximate surface area is 78.1 Å². The van der Waals surface area contributed by atoms with Gasteiger partial charge in [-0.05, 0) is 12.1 Å². The van der Waals surface area contributed by atoms with Gasteiger partial charge in [0, 0.05) is 0 Å². The quantitative estimate of drug-likeness (QED) is 0.496. The van der Waals surface area contributed by atoms with Crippen molar-refractivity contribution in [1.29, 1.82) is 0 Å². The zero-order chi connectivity index (χ0) is 11.2. The van der Waals surface area contributed by atoms with Crippen LogP contribution in [0.4, 0.5) is 17.6 Å². The molecule has 2 nitrogen and oxygen atoms in total. The predicted molar refractivity (Wildman–Crippen MR) is 43.0 cm³/mol. The monoisotopic (exact) mass is 210 g/mol. The molecule has 0 aliphatic heterocycles. The Morgan fingerprint density at radius 1 is 1.07 bits per heavy atom. The van der Waals surface area contributed by atoms with Gasteiger partial charge in [-0.2, -0.15) is 13.2 Å². The highest BCUT2D eigenvalue weighted by Gasteiger charge is 2.33. The van der Waals surface area contributed by atoms with Crippen molar-refractivity contribution in [3.63, 3.8) is 0 Å². The van der Waals surface area contributed by atoms with Crippen molar-refractivity contribution in [2.24, 2.45) is 0 Å². The first kappa shape index (κ1) is 12.9. The van der Waals surface area contributed by atoms with Crippen LogP contribution in [0.3, 0.4) is 0 Å². The van der Waals surface area contributed by atoms with E-state index in [4.69, 9.17) is 10.0 Å². The average molecular weight is 210 g/mol. The van der Waals surface area contributed by atoms with Crippen molar-refractivity contribution in [2.75, 3.05) is 0 Å². The van der Waals surface area contributed by atoms with Gasteiger partial charge in [0.15, 0.2) is 0 Å². The predicted octanol–water partition coefficient (Wildman–Crippen LogP) is 1.08. The minimum Gasteiger partial charge on any atom is -0.430 e. The zero-order valence-corrected chi connectivity index (χ0v) is 6.92. The normalized spacial score (nSPS) is 10.1. The Bertz CT molecular complexity index is 277. The smallest absolute Gasteiger partial charge is 0.430 e. The molecule has 0 aliphatic rings. The minimum atomic E-state index is -4.59. The Balaban J connectivity index is 0.000000500. The van der Waals surface area contributed by atoms with Crippen molar-refractivity contribution in [1.82, 2.24) is 0 Å². The first-order chi connectivity index (χ1) is 6.43. The maximum Gasteiger partial charge on any atom is 0.432 e. The third kappa shape index (κ3) is 4.24. The van der Waals surface area contributed by atoms with Crippen molar-refractivity contribution in [3.8, 4) is 0 Å². The second-order valence-electron chi connectivity index (χ2n) is 2.12. The molecular weight excluding hydrogens is 203 g/mol. The van der Waals surface area contributed by atoms with Crippen LogP contribution in [-0.4, -0.2) is 17.7 Å². The summed E-state index contributed by atoms with van der Waals surface area (Å²) in [5.41, 5.74) is -1.22. The molecule has 1 aromatic rings. The molecule has 78 valence electrons. The third-order valence-electron chi connectivity index (χ3n) is 1.18. The van der Waals surface area contributed by atoms with E-state index in [1.165, 1.54) is 6.07 Å². The Morgan fingerprint density at radius 3 is 1.79 bits per heavy atom. The van der Waals surface area contributed by atoms with Crippen LogP contribution in [0.2, 0.25) is 0 Å². The van der Waals surface area contributed by atoms with E-state index in [9.17, 15) is 17.6 Å². The summed E-state index contributed by atoms with van der Waals surface area (Å²) in [6.45, 7) is 0. The van der Waals surface area contributed by atoms with E-state index in [1.54, 1.807) is 0 Å². The van der Waals surface area contributed by atoms with Crippen molar-refractivity contribution >= 4 is 7.69 Å². The summed E-state index contributed by atoms with van der Waals surface area (Å²) in [7, 11) is -0.750. The topological polar surface area (TPSA) is 40.5 Å². The molecular formula is C7H7BF4O2. The molecule has 0 spiro atoms. The van der Waals surface area contributed by atoms with Gasteiger partial charge in [-0.15, -0.1) is 0 Å². The highest BCUT2D eigenvalue weighted by Crippen LogP contribution is 2.30. The van der Waals surface area contributed by atoms with E-state index in [1.807, 2.05) is 0 Å². The molecule has 14 heavy (non-hydrogen) atoms. The number of alkyl halides is 3. The van der Waals surface area contributed by atoms with Gasteiger partial charge < -0.3 is 10.0 Å². The van der Waals surface area contributed by atoms with Crippen molar-refractivity contribution in [2.45, 2.75) is 6.18 Å². The number of benzene rings is 1. The second-order valence-corrected chi connectivity index (χ2v) is 2.12. The highest BCUT2D eigenvalue weighted by molar-refractivity contribution is 6.13. The summed E-state index contributed by atoms with van der Waals surface area (Å²) in [6.07, 6.45) is -4.59. The van der Waals surface area contributed by atoms with E-state index >= 15 is 0 Å². The van der Waals surface area contributed by atoms with Gasteiger partial charge in [0.2, 0.25) is 0 Å². The molecule has 7 heteroatoms. The molecule has 0 bridgehead atoms. The van der Waals surface area contributed by atoms with Crippen molar-refractivity contribution in [3.05, 3.63) is 35.6 Å². The maximum atomic E-state index is 12.4. The molecule has 0 aromatic heterocycles. The van der Waals surface area contributed by atoms with Gasteiger partial charge in [0.25, 0.3) is 0 Å². The first-order valence-electron chi connectivity index (χ1n) is 3.47. The van der Waals surface area contributed by atoms with E-state index in [0.29, 0.717) is 6.07 Å². The minimum absolute atomic E-state index is 0.704. The van der Waals surface area contributed by atoms with Gasteiger partial charge >= 0.3 is 13.9 Å². The lowest BCUT2D eigenvalue weighted by Gasteiger charge is -2.05. The molecule has 0 saturated heterocycles. The van der Waals surface area contributed by atoms with Crippen LogP contribution in [0.25, 0.3) is 0 Å². The molecule has 0 unspecified atom stereocenters. The maximum absolute atomic E-state index is 12.4. The lowest BCUT2D eigenvalue weighted by molar-refractivity contribution is -0.140. The number of hydrogen-bond donors (Lipinski definition) is 2. The van der Waals surface area contributed by atoms with Crippen LogP contribution >= 0.6 is 0 Å². The molecule has 0 fully saturated rings. The third-order valence-corrected chi connectivity index (χ3v) is 1.18. The standard InChI is InChI=1S/C7H4F4.BH3O2/c8-6-4-2-1-3-5(6)7(9,10)11;2-1-3/h1-4H;1-3H. The fourth-order valence-corrected chi connectivity index (χ4v) is 0.691. The Kier molecular flexibility index (Phi) is 5.18. The summed E-state index contributed by atoms with van der Waals surface area (Å²) in [5, 5.41) is 14.2. The summed E-state index contributed by atoms with van der Waals surface area (Å²) >= 11 is 0. The first-order valence-corrected chi connectivity index (χ1v) is 3.47.